The van der Waals surface area contributed by atoms with Gasteiger partial charge in [0.25, 0.3) is 5.91 Å². The summed E-state index contributed by atoms with van der Waals surface area (Å²) < 4.78 is 58.1. The molecule has 0 saturated heterocycles. The third kappa shape index (κ3) is 4.42. The molecule has 1 amide bonds. The summed E-state index contributed by atoms with van der Waals surface area (Å²) in [5.41, 5.74) is -1.64. The minimum Gasteiger partial charge on any atom is -0.451 e. The highest BCUT2D eigenvalue weighted by Crippen LogP contribution is 2.36. The van der Waals surface area contributed by atoms with Crippen LogP contribution in [0.3, 0.4) is 0 Å². The van der Waals surface area contributed by atoms with Crippen LogP contribution in [0.2, 0.25) is 5.02 Å². The molecule has 0 saturated carbocycles. The Hall–Kier alpha value is -2.65. The number of amides is 1. The van der Waals surface area contributed by atoms with Gasteiger partial charge in [0, 0.05) is 15.1 Å². The summed E-state index contributed by atoms with van der Waals surface area (Å²) in [6.45, 7) is -0.810. The lowest BCUT2D eigenvalue weighted by atomic mass is 10.1. The fourth-order valence-corrected chi connectivity index (χ4v) is 3.52. The van der Waals surface area contributed by atoms with Crippen molar-refractivity contribution in [2.75, 3.05) is 11.9 Å². The number of benzene rings is 2. The third-order valence-electron chi connectivity index (χ3n) is 3.60. The molecule has 3 rings (SSSR count). The van der Waals surface area contributed by atoms with Crippen LogP contribution < -0.4 is 5.32 Å². The van der Waals surface area contributed by atoms with E-state index in [1.54, 1.807) is 6.07 Å². The molecule has 3 aromatic rings. The molecule has 1 aromatic heterocycles. The maximum absolute atomic E-state index is 13.7. The molecule has 146 valence electrons. The lowest BCUT2D eigenvalue weighted by Gasteiger charge is -2.14. The van der Waals surface area contributed by atoms with E-state index in [9.17, 15) is 27.2 Å². The van der Waals surface area contributed by atoms with Crippen molar-refractivity contribution >= 4 is 50.6 Å². The zero-order valence-corrected chi connectivity index (χ0v) is 15.3. The van der Waals surface area contributed by atoms with Gasteiger partial charge in [-0.1, -0.05) is 17.7 Å². The van der Waals surface area contributed by atoms with E-state index in [2.05, 4.69) is 0 Å². The molecule has 0 aliphatic rings. The van der Waals surface area contributed by atoms with Crippen molar-refractivity contribution in [3.63, 3.8) is 0 Å². The van der Waals surface area contributed by atoms with Crippen molar-refractivity contribution in [3.05, 3.63) is 63.7 Å². The molecule has 0 atom stereocenters. The number of carbonyl (C=O) groups is 2. The predicted octanol–water partition coefficient (Wildman–Crippen LogP) is 5.51. The van der Waals surface area contributed by atoms with Crippen molar-refractivity contribution in [1.29, 1.82) is 0 Å². The topological polar surface area (TPSA) is 55.4 Å². The summed E-state index contributed by atoms with van der Waals surface area (Å²) in [6.07, 6.45) is -4.73. The summed E-state index contributed by atoms with van der Waals surface area (Å²) in [6, 6.07) is 8.49. The fourth-order valence-electron chi connectivity index (χ4n) is 2.37. The Balaban J connectivity index is 1.67. The average Bonchev–Trinajstić information content (AvgIpc) is 3.06. The second-order valence-electron chi connectivity index (χ2n) is 5.57. The van der Waals surface area contributed by atoms with Gasteiger partial charge in [0.2, 0.25) is 0 Å². The predicted molar refractivity (Wildman–Crippen MR) is 97.1 cm³/mol. The van der Waals surface area contributed by atoms with E-state index in [0.717, 1.165) is 17.4 Å². The number of ether oxygens (including phenoxy) is 1. The number of carbonyl (C=O) groups excluding carboxylic acids is 2. The molecule has 0 aliphatic heterocycles. The van der Waals surface area contributed by atoms with Gasteiger partial charge in [0.05, 0.1) is 11.3 Å². The number of esters is 1. The second kappa shape index (κ2) is 7.76. The van der Waals surface area contributed by atoms with Gasteiger partial charge in [-0.3, -0.25) is 4.79 Å². The van der Waals surface area contributed by atoms with Crippen molar-refractivity contribution in [3.8, 4) is 0 Å². The zero-order chi connectivity index (χ0) is 20.5. The number of alkyl halides is 3. The molecule has 1 N–H and O–H groups in total. The molecule has 2 aromatic carbocycles. The van der Waals surface area contributed by atoms with E-state index in [4.69, 9.17) is 16.3 Å². The van der Waals surface area contributed by atoms with Gasteiger partial charge >= 0.3 is 12.1 Å². The summed E-state index contributed by atoms with van der Waals surface area (Å²) in [5.74, 6) is -2.36. The van der Waals surface area contributed by atoms with Gasteiger partial charge in [0.1, 0.15) is 10.7 Å². The highest BCUT2D eigenvalue weighted by Gasteiger charge is 2.34. The van der Waals surface area contributed by atoms with Gasteiger partial charge in [-0.05, 0) is 36.4 Å². The summed E-state index contributed by atoms with van der Waals surface area (Å²) >= 11 is 6.54. The lowest BCUT2D eigenvalue weighted by Crippen LogP contribution is -2.22. The van der Waals surface area contributed by atoms with Crippen LogP contribution in [0.4, 0.5) is 23.2 Å². The van der Waals surface area contributed by atoms with Crippen LogP contribution in [0, 0.1) is 5.82 Å². The van der Waals surface area contributed by atoms with Gasteiger partial charge in [0.15, 0.2) is 6.61 Å². The van der Waals surface area contributed by atoms with Crippen LogP contribution >= 0.6 is 22.9 Å². The minimum atomic E-state index is -4.73. The smallest absolute Gasteiger partial charge is 0.418 e. The Morgan fingerprint density at radius 2 is 1.89 bits per heavy atom. The van der Waals surface area contributed by atoms with E-state index in [-0.39, 0.29) is 15.3 Å². The summed E-state index contributed by atoms with van der Waals surface area (Å²) in [5, 5.41) is 2.13. The number of hydrogen-bond acceptors (Lipinski definition) is 4. The molecule has 0 unspecified atom stereocenters. The Morgan fingerprint density at radius 3 is 2.57 bits per heavy atom. The molecule has 10 heteroatoms. The lowest BCUT2D eigenvalue weighted by molar-refractivity contribution is -0.137. The first kappa shape index (κ1) is 20.1. The SMILES string of the molecule is O=C(COC(=O)c1cc2c(F)cccc2s1)Nc1ccc(Cl)cc1C(F)(F)F. The number of hydrogen-bond donors (Lipinski definition) is 1. The van der Waals surface area contributed by atoms with Crippen LogP contribution in [0.15, 0.2) is 42.5 Å². The molecule has 0 spiro atoms. The maximum atomic E-state index is 13.7. The number of anilines is 1. The highest BCUT2D eigenvalue weighted by atomic mass is 35.5. The van der Waals surface area contributed by atoms with E-state index in [0.29, 0.717) is 10.8 Å². The third-order valence-corrected chi connectivity index (χ3v) is 4.92. The Bertz CT molecular complexity index is 1060. The Labute approximate surface area is 164 Å². The van der Waals surface area contributed by atoms with Crippen molar-refractivity contribution in [2.45, 2.75) is 6.18 Å². The minimum absolute atomic E-state index is 0.0652. The molecular formula is C18H10ClF4NO3S. The van der Waals surface area contributed by atoms with Gasteiger partial charge in [-0.15, -0.1) is 11.3 Å². The number of nitrogens with one attached hydrogen (secondary N) is 1. The number of thiophene rings is 1. The highest BCUT2D eigenvalue weighted by molar-refractivity contribution is 7.20. The van der Waals surface area contributed by atoms with Gasteiger partial charge in [-0.25, -0.2) is 9.18 Å². The largest absolute Gasteiger partial charge is 0.451 e. The molecule has 0 bridgehead atoms. The summed E-state index contributed by atoms with van der Waals surface area (Å²) in [4.78, 5) is 24.0. The van der Waals surface area contributed by atoms with Crippen LogP contribution in [-0.2, 0) is 15.7 Å². The normalized spacial score (nSPS) is 11.5. The van der Waals surface area contributed by atoms with Crippen molar-refractivity contribution in [1.82, 2.24) is 0 Å². The Morgan fingerprint density at radius 1 is 1.14 bits per heavy atom. The Kier molecular flexibility index (Phi) is 5.57. The molecule has 28 heavy (non-hydrogen) atoms. The van der Waals surface area contributed by atoms with Crippen LogP contribution in [0.1, 0.15) is 15.2 Å². The van der Waals surface area contributed by atoms with Crippen LogP contribution in [0.25, 0.3) is 10.1 Å². The molecule has 0 radical (unpaired) electrons. The van der Waals surface area contributed by atoms with Crippen LogP contribution in [-0.4, -0.2) is 18.5 Å². The zero-order valence-electron chi connectivity index (χ0n) is 13.8. The number of halogens is 5. The molecule has 1 heterocycles. The molecule has 4 nitrogen and oxygen atoms in total. The van der Waals surface area contributed by atoms with E-state index >= 15 is 0 Å². The number of rotatable bonds is 4. The van der Waals surface area contributed by atoms with Crippen molar-refractivity contribution in [2.24, 2.45) is 0 Å². The van der Waals surface area contributed by atoms with E-state index < -0.39 is 41.7 Å². The fraction of sp³-hybridized carbons (Fsp3) is 0.111. The standard InChI is InChI=1S/C18H10ClF4NO3S/c19-9-4-5-13(11(6-9)18(21,22)23)24-16(25)8-27-17(26)15-7-10-12(20)2-1-3-14(10)28-15/h1-7H,8H2,(H,24,25). The molecular weight excluding hydrogens is 422 g/mol. The van der Waals surface area contributed by atoms with Gasteiger partial charge in [-0.2, -0.15) is 13.2 Å². The average molecular weight is 432 g/mol. The van der Waals surface area contributed by atoms with Gasteiger partial charge < -0.3 is 10.1 Å². The maximum Gasteiger partial charge on any atom is 0.418 e. The first-order valence-electron chi connectivity index (χ1n) is 7.67. The first-order valence-corrected chi connectivity index (χ1v) is 8.86. The van der Waals surface area contributed by atoms with Crippen LogP contribution in [0.5, 0.6) is 0 Å². The second-order valence-corrected chi connectivity index (χ2v) is 7.09. The monoisotopic (exact) mass is 431 g/mol. The molecule has 0 aliphatic carbocycles. The van der Waals surface area contributed by atoms with E-state index in [1.165, 1.54) is 24.3 Å². The van der Waals surface area contributed by atoms with E-state index in [1.807, 2.05) is 5.32 Å². The molecule has 0 fully saturated rings. The number of fused-ring (bicyclic) bond motifs is 1. The quantitative estimate of drug-likeness (QED) is 0.438. The summed E-state index contributed by atoms with van der Waals surface area (Å²) in [7, 11) is 0. The van der Waals surface area contributed by atoms with Crippen molar-refractivity contribution < 1.29 is 31.9 Å². The first-order chi connectivity index (χ1) is 13.1.